The van der Waals surface area contributed by atoms with E-state index in [9.17, 15) is 0 Å². The SMILES string of the molecule is CC(CN(C)C)NCN1CC(O)C1. The Bertz CT molecular complexity index is 146. The Kier molecular flexibility index (Phi) is 4.12. The van der Waals surface area contributed by atoms with Crippen LogP contribution in [0.3, 0.4) is 0 Å². The van der Waals surface area contributed by atoms with Crippen LogP contribution in [-0.2, 0) is 0 Å². The highest BCUT2D eigenvalue weighted by molar-refractivity contribution is 4.78. The maximum Gasteiger partial charge on any atom is 0.0794 e. The van der Waals surface area contributed by atoms with E-state index in [2.05, 4.69) is 36.1 Å². The Morgan fingerprint density at radius 3 is 2.62 bits per heavy atom. The van der Waals surface area contributed by atoms with Crippen LogP contribution in [0, 0.1) is 0 Å². The molecule has 78 valence electrons. The minimum Gasteiger partial charge on any atom is -0.390 e. The first-order chi connectivity index (χ1) is 6.08. The monoisotopic (exact) mass is 187 g/mol. The summed E-state index contributed by atoms with van der Waals surface area (Å²) in [4.78, 5) is 4.37. The van der Waals surface area contributed by atoms with Crippen molar-refractivity contribution in [2.75, 3.05) is 40.4 Å². The van der Waals surface area contributed by atoms with Crippen molar-refractivity contribution < 1.29 is 5.11 Å². The normalized spacial score (nSPS) is 21.9. The van der Waals surface area contributed by atoms with Crippen molar-refractivity contribution in [1.29, 1.82) is 0 Å². The molecule has 0 aromatic carbocycles. The molecule has 1 saturated heterocycles. The second kappa shape index (κ2) is 4.91. The maximum absolute atomic E-state index is 9.05. The standard InChI is InChI=1S/C9H21N3O/c1-8(4-11(2)3)10-7-12-5-9(13)6-12/h8-10,13H,4-7H2,1-3H3. The fourth-order valence-electron chi connectivity index (χ4n) is 1.57. The van der Waals surface area contributed by atoms with Gasteiger partial charge in [0.15, 0.2) is 0 Å². The Morgan fingerprint density at radius 1 is 1.54 bits per heavy atom. The molecule has 0 spiro atoms. The third-order valence-corrected chi connectivity index (χ3v) is 2.24. The van der Waals surface area contributed by atoms with E-state index < -0.39 is 0 Å². The molecule has 2 N–H and O–H groups in total. The lowest BCUT2D eigenvalue weighted by Gasteiger charge is -2.36. The molecule has 0 saturated carbocycles. The molecule has 1 aliphatic heterocycles. The van der Waals surface area contributed by atoms with Crippen LogP contribution in [0.5, 0.6) is 0 Å². The molecule has 13 heavy (non-hydrogen) atoms. The lowest BCUT2D eigenvalue weighted by molar-refractivity contribution is -0.00431. The molecule has 0 radical (unpaired) electrons. The summed E-state index contributed by atoms with van der Waals surface area (Å²) in [6.07, 6.45) is -0.0917. The van der Waals surface area contributed by atoms with E-state index in [1.165, 1.54) is 0 Å². The highest BCUT2D eigenvalue weighted by atomic mass is 16.3. The molecule has 4 nitrogen and oxygen atoms in total. The summed E-state index contributed by atoms with van der Waals surface area (Å²) < 4.78 is 0. The number of hydrogen-bond acceptors (Lipinski definition) is 4. The third-order valence-electron chi connectivity index (χ3n) is 2.24. The van der Waals surface area contributed by atoms with Gasteiger partial charge in [0.1, 0.15) is 0 Å². The molecule has 0 aromatic rings. The molecule has 1 rings (SSSR count). The average molecular weight is 187 g/mol. The summed E-state index contributed by atoms with van der Waals surface area (Å²) in [7, 11) is 4.15. The summed E-state index contributed by atoms with van der Waals surface area (Å²) >= 11 is 0. The predicted molar refractivity (Wildman–Crippen MR) is 53.6 cm³/mol. The van der Waals surface area contributed by atoms with Gasteiger partial charge in [0.2, 0.25) is 0 Å². The van der Waals surface area contributed by atoms with Gasteiger partial charge in [-0.05, 0) is 21.0 Å². The Morgan fingerprint density at radius 2 is 2.15 bits per heavy atom. The van der Waals surface area contributed by atoms with Gasteiger partial charge < -0.3 is 15.3 Å². The number of aliphatic hydroxyl groups excluding tert-OH is 1. The second-order valence-electron chi connectivity index (χ2n) is 4.22. The van der Waals surface area contributed by atoms with Crippen LogP contribution in [0.4, 0.5) is 0 Å². The van der Waals surface area contributed by atoms with Gasteiger partial charge in [-0.15, -0.1) is 0 Å². The van der Waals surface area contributed by atoms with Gasteiger partial charge in [0.05, 0.1) is 6.10 Å². The van der Waals surface area contributed by atoms with Gasteiger partial charge in [-0.1, -0.05) is 0 Å². The van der Waals surface area contributed by atoms with E-state index in [0.29, 0.717) is 6.04 Å². The fraction of sp³-hybridized carbons (Fsp3) is 1.00. The van der Waals surface area contributed by atoms with Gasteiger partial charge in [-0.3, -0.25) is 4.90 Å². The highest BCUT2D eigenvalue weighted by Gasteiger charge is 2.23. The first-order valence-corrected chi connectivity index (χ1v) is 4.86. The number of rotatable bonds is 5. The minimum absolute atomic E-state index is 0.0917. The van der Waals surface area contributed by atoms with Gasteiger partial charge in [-0.2, -0.15) is 0 Å². The maximum atomic E-state index is 9.05. The van der Waals surface area contributed by atoms with Crippen LogP contribution in [0.15, 0.2) is 0 Å². The van der Waals surface area contributed by atoms with Crippen molar-refractivity contribution in [3.05, 3.63) is 0 Å². The van der Waals surface area contributed by atoms with Crippen LogP contribution in [-0.4, -0.2) is 67.5 Å². The number of likely N-dealkylation sites (N-methyl/N-ethyl adjacent to an activating group) is 1. The minimum atomic E-state index is -0.0917. The van der Waals surface area contributed by atoms with Crippen molar-refractivity contribution in [3.8, 4) is 0 Å². The first-order valence-electron chi connectivity index (χ1n) is 4.86. The zero-order valence-corrected chi connectivity index (χ0v) is 8.82. The molecule has 1 fully saturated rings. The summed E-state index contributed by atoms with van der Waals surface area (Å²) in [6.45, 7) is 5.77. The molecule has 0 aromatic heterocycles. The Labute approximate surface area is 80.5 Å². The van der Waals surface area contributed by atoms with Gasteiger partial charge in [0, 0.05) is 32.3 Å². The summed E-state index contributed by atoms with van der Waals surface area (Å²) in [5.74, 6) is 0. The zero-order valence-electron chi connectivity index (χ0n) is 8.82. The topological polar surface area (TPSA) is 38.7 Å². The second-order valence-corrected chi connectivity index (χ2v) is 4.22. The number of nitrogens with one attached hydrogen (secondary N) is 1. The van der Waals surface area contributed by atoms with Crippen LogP contribution in [0.2, 0.25) is 0 Å². The molecule has 0 aliphatic carbocycles. The zero-order chi connectivity index (χ0) is 9.84. The van der Waals surface area contributed by atoms with Crippen molar-refractivity contribution in [2.24, 2.45) is 0 Å². The lowest BCUT2D eigenvalue weighted by atomic mass is 10.2. The van der Waals surface area contributed by atoms with Crippen molar-refractivity contribution in [2.45, 2.75) is 19.1 Å². The lowest BCUT2D eigenvalue weighted by Crippen LogP contribution is -2.55. The molecule has 4 heteroatoms. The molecular weight excluding hydrogens is 166 g/mol. The van der Waals surface area contributed by atoms with Crippen molar-refractivity contribution in [3.63, 3.8) is 0 Å². The average Bonchev–Trinajstić information content (AvgIpc) is 1.94. The molecule has 1 aliphatic rings. The van der Waals surface area contributed by atoms with Crippen LogP contribution in [0.1, 0.15) is 6.92 Å². The first kappa shape index (κ1) is 10.9. The Balaban J connectivity index is 1.99. The van der Waals surface area contributed by atoms with E-state index in [1.807, 2.05) is 0 Å². The Hall–Kier alpha value is -0.160. The molecular formula is C9H21N3O. The summed E-state index contributed by atoms with van der Waals surface area (Å²) in [5, 5.41) is 12.5. The molecule has 1 unspecified atom stereocenters. The number of hydrogen-bond donors (Lipinski definition) is 2. The van der Waals surface area contributed by atoms with Crippen LogP contribution < -0.4 is 5.32 Å². The van der Waals surface area contributed by atoms with E-state index in [4.69, 9.17) is 5.11 Å². The summed E-state index contributed by atoms with van der Waals surface area (Å²) in [5.41, 5.74) is 0. The largest absolute Gasteiger partial charge is 0.390 e. The molecule has 1 heterocycles. The number of nitrogens with zero attached hydrogens (tertiary/aromatic N) is 2. The van der Waals surface area contributed by atoms with E-state index in [-0.39, 0.29) is 6.10 Å². The van der Waals surface area contributed by atoms with Crippen LogP contribution in [0.25, 0.3) is 0 Å². The predicted octanol–water partition coefficient (Wildman–Crippen LogP) is -0.840. The van der Waals surface area contributed by atoms with Gasteiger partial charge in [-0.25, -0.2) is 0 Å². The molecule has 0 bridgehead atoms. The van der Waals surface area contributed by atoms with Crippen molar-refractivity contribution >= 4 is 0 Å². The van der Waals surface area contributed by atoms with E-state index >= 15 is 0 Å². The molecule has 1 atom stereocenters. The van der Waals surface area contributed by atoms with Gasteiger partial charge >= 0.3 is 0 Å². The van der Waals surface area contributed by atoms with Crippen LogP contribution >= 0.6 is 0 Å². The van der Waals surface area contributed by atoms with E-state index in [1.54, 1.807) is 0 Å². The third kappa shape index (κ3) is 4.04. The summed E-state index contributed by atoms with van der Waals surface area (Å²) in [6, 6.07) is 0.507. The molecule has 0 amide bonds. The fourth-order valence-corrected chi connectivity index (χ4v) is 1.57. The number of β-amino-alcohol motifs (C(OH)–C–C–N with tert-alkyl or cyclic N) is 1. The van der Waals surface area contributed by atoms with Crippen molar-refractivity contribution in [1.82, 2.24) is 15.1 Å². The number of aliphatic hydroxyl groups is 1. The quantitative estimate of drug-likeness (QED) is 0.589. The van der Waals surface area contributed by atoms with Gasteiger partial charge in [0.25, 0.3) is 0 Å². The van der Waals surface area contributed by atoms with E-state index in [0.717, 1.165) is 26.3 Å². The number of likely N-dealkylation sites (tertiary alicyclic amines) is 1. The smallest absolute Gasteiger partial charge is 0.0794 e. The highest BCUT2D eigenvalue weighted by Crippen LogP contribution is 2.04.